The van der Waals surface area contributed by atoms with E-state index in [1.54, 1.807) is 32.0 Å². The molecule has 1 aromatic carbocycles. The topological polar surface area (TPSA) is 87.2 Å². The summed E-state index contributed by atoms with van der Waals surface area (Å²) in [6, 6.07) is 8.63. The SMILES string of the molecule is CCC(N)c1cccc(S(=O)(=O)N(CC)CC(C)C#N)c1. The maximum atomic E-state index is 12.7. The van der Waals surface area contributed by atoms with E-state index in [2.05, 4.69) is 6.07 Å². The van der Waals surface area contributed by atoms with Gasteiger partial charge in [-0.15, -0.1) is 0 Å². The van der Waals surface area contributed by atoms with Crippen LogP contribution in [0.2, 0.25) is 0 Å². The minimum Gasteiger partial charge on any atom is -0.324 e. The largest absolute Gasteiger partial charge is 0.324 e. The van der Waals surface area contributed by atoms with Crippen molar-refractivity contribution in [2.24, 2.45) is 11.7 Å². The van der Waals surface area contributed by atoms with Crippen molar-refractivity contribution in [1.82, 2.24) is 4.31 Å². The van der Waals surface area contributed by atoms with Crippen molar-refractivity contribution in [1.29, 1.82) is 5.26 Å². The van der Waals surface area contributed by atoms with E-state index in [4.69, 9.17) is 11.0 Å². The third kappa shape index (κ3) is 4.27. The first-order valence-electron chi connectivity index (χ1n) is 7.12. The Bertz CT molecular complexity index is 608. The van der Waals surface area contributed by atoms with Gasteiger partial charge in [0.2, 0.25) is 10.0 Å². The molecule has 0 spiro atoms. The number of nitriles is 1. The first-order valence-corrected chi connectivity index (χ1v) is 8.56. The molecule has 0 saturated carbocycles. The van der Waals surface area contributed by atoms with E-state index in [0.29, 0.717) is 6.54 Å². The molecule has 0 saturated heterocycles. The van der Waals surface area contributed by atoms with Crippen molar-refractivity contribution >= 4 is 10.0 Å². The molecule has 0 radical (unpaired) electrons. The van der Waals surface area contributed by atoms with Crippen molar-refractivity contribution in [3.05, 3.63) is 29.8 Å². The Labute approximate surface area is 127 Å². The van der Waals surface area contributed by atoms with E-state index in [1.807, 2.05) is 13.0 Å². The molecule has 0 bridgehead atoms. The lowest BCUT2D eigenvalue weighted by molar-refractivity contribution is 0.399. The molecular weight excluding hydrogens is 286 g/mol. The normalized spacial score (nSPS) is 14.7. The zero-order valence-electron chi connectivity index (χ0n) is 12.8. The highest BCUT2D eigenvalue weighted by molar-refractivity contribution is 7.89. The van der Waals surface area contributed by atoms with Crippen molar-refractivity contribution < 1.29 is 8.42 Å². The molecule has 6 heteroatoms. The average molecular weight is 309 g/mol. The van der Waals surface area contributed by atoms with Gasteiger partial charge < -0.3 is 5.73 Å². The lowest BCUT2D eigenvalue weighted by Gasteiger charge is -2.22. The van der Waals surface area contributed by atoms with Crippen LogP contribution in [0.4, 0.5) is 0 Å². The summed E-state index contributed by atoms with van der Waals surface area (Å²) in [6.07, 6.45) is 0.743. The van der Waals surface area contributed by atoms with Gasteiger partial charge in [-0.3, -0.25) is 0 Å². The number of nitrogens with two attached hydrogens (primary N) is 1. The number of hydrogen-bond donors (Lipinski definition) is 1. The van der Waals surface area contributed by atoms with Crippen molar-refractivity contribution in [3.8, 4) is 6.07 Å². The van der Waals surface area contributed by atoms with Crippen LogP contribution in [0, 0.1) is 17.2 Å². The number of sulfonamides is 1. The molecule has 1 aromatic rings. The van der Waals surface area contributed by atoms with Gasteiger partial charge in [-0.25, -0.2) is 8.42 Å². The van der Waals surface area contributed by atoms with Crippen LogP contribution < -0.4 is 5.73 Å². The van der Waals surface area contributed by atoms with Gasteiger partial charge in [-0.2, -0.15) is 9.57 Å². The summed E-state index contributed by atoms with van der Waals surface area (Å²) in [5.41, 5.74) is 6.77. The predicted octanol–water partition coefficient (Wildman–Crippen LogP) is 2.27. The number of rotatable bonds is 7. The molecule has 0 amide bonds. The first kappa shape index (κ1) is 17.6. The van der Waals surface area contributed by atoms with Crippen LogP contribution in [0.3, 0.4) is 0 Å². The third-order valence-corrected chi connectivity index (χ3v) is 5.35. The number of hydrogen-bond acceptors (Lipinski definition) is 4. The summed E-state index contributed by atoms with van der Waals surface area (Å²) in [6.45, 7) is 5.96. The molecule has 1 rings (SSSR count). The van der Waals surface area contributed by atoms with Crippen LogP contribution in [-0.4, -0.2) is 25.8 Å². The molecule has 0 heterocycles. The van der Waals surface area contributed by atoms with Gasteiger partial charge in [0.05, 0.1) is 16.9 Å². The van der Waals surface area contributed by atoms with Crippen LogP contribution >= 0.6 is 0 Å². The summed E-state index contributed by atoms with van der Waals surface area (Å²) >= 11 is 0. The molecule has 5 nitrogen and oxygen atoms in total. The minimum atomic E-state index is -3.59. The molecule has 116 valence electrons. The highest BCUT2D eigenvalue weighted by Crippen LogP contribution is 2.21. The lowest BCUT2D eigenvalue weighted by atomic mass is 10.1. The second kappa shape index (κ2) is 7.55. The zero-order valence-corrected chi connectivity index (χ0v) is 13.6. The molecule has 0 aliphatic rings. The van der Waals surface area contributed by atoms with Crippen LogP contribution in [-0.2, 0) is 10.0 Å². The molecule has 0 aliphatic heterocycles. The Morgan fingerprint density at radius 2 is 2.05 bits per heavy atom. The van der Waals surface area contributed by atoms with Gasteiger partial charge >= 0.3 is 0 Å². The zero-order chi connectivity index (χ0) is 16.0. The second-order valence-electron chi connectivity index (χ2n) is 5.07. The fourth-order valence-corrected chi connectivity index (χ4v) is 3.63. The molecule has 0 aliphatic carbocycles. The third-order valence-electron chi connectivity index (χ3n) is 3.41. The van der Waals surface area contributed by atoms with Crippen LogP contribution in [0.15, 0.2) is 29.2 Å². The van der Waals surface area contributed by atoms with Crippen LogP contribution in [0.5, 0.6) is 0 Å². The van der Waals surface area contributed by atoms with Gasteiger partial charge in [0.1, 0.15) is 0 Å². The van der Waals surface area contributed by atoms with Gasteiger partial charge in [-0.05, 0) is 31.0 Å². The summed E-state index contributed by atoms with van der Waals surface area (Å²) in [4.78, 5) is 0.232. The lowest BCUT2D eigenvalue weighted by Crippen LogP contribution is -2.34. The van der Waals surface area contributed by atoms with E-state index in [9.17, 15) is 8.42 Å². The highest BCUT2D eigenvalue weighted by Gasteiger charge is 2.25. The maximum absolute atomic E-state index is 12.7. The molecule has 2 atom stereocenters. The number of benzene rings is 1. The predicted molar refractivity (Wildman–Crippen MR) is 82.9 cm³/mol. The Morgan fingerprint density at radius 3 is 2.57 bits per heavy atom. The summed E-state index contributed by atoms with van der Waals surface area (Å²) in [5.74, 6) is -0.346. The van der Waals surface area contributed by atoms with Gasteiger partial charge in [0.15, 0.2) is 0 Å². The van der Waals surface area contributed by atoms with E-state index in [-0.39, 0.29) is 23.4 Å². The quantitative estimate of drug-likeness (QED) is 0.837. The average Bonchev–Trinajstić information content (AvgIpc) is 2.51. The van der Waals surface area contributed by atoms with Crippen molar-refractivity contribution in [2.45, 2.75) is 38.1 Å². The molecule has 2 unspecified atom stereocenters. The fourth-order valence-electron chi connectivity index (χ4n) is 2.03. The van der Waals surface area contributed by atoms with Gasteiger partial charge in [0.25, 0.3) is 0 Å². The van der Waals surface area contributed by atoms with Crippen molar-refractivity contribution in [2.75, 3.05) is 13.1 Å². The standard InChI is InChI=1S/C15H23N3O2S/c1-4-15(17)13-7-6-8-14(9-13)21(19,20)18(5-2)11-12(3)10-16/h6-9,12,15H,4-5,11,17H2,1-3H3. The Hall–Kier alpha value is -1.42. The maximum Gasteiger partial charge on any atom is 0.243 e. The highest BCUT2D eigenvalue weighted by atomic mass is 32.2. The van der Waals surface area contributed by atoms with Crippen molar-refractivity contribution in [3.63, 3.8) is 0 Å². The summed E-state index contributed by atoms with van der Waals surface area (Å²) in [7, 11) is -3.59. The fraction of sp³-hybridized carbons (Fsp3) is 0.533. The Balaban J connectivity index is 3.14. The molecular formula is C15H23N3O2S. The minimum absolute atomic E-state index is 0.173. The summed E-state index contributed by atoms with van der Waals surface area (Å²) in [5, 5.41) is 8.88. The molecule has 21 heavy (non-hydrogen) atoms. The monoisotopic (exact) mass is 309 g/mol. The summed E-state index contributed by atoms with van der Waals surface area (Å²) < 4.78 is 26.6. The van der Waals surface area contributed by atoms with Gasteiger partial charge in [-0.1, -0.05) is 26.0 Å². The Kier molecular flexibility index (Phi) is 6.34. The van der Waals surface area contributed by atoms with E-state index < -0.39 is 10.0 Å². The Morgan fingerprint density at radius 1 is 1.38 bits per heavy atom. The van der Waals surface area contributed by atoms with Gasteiger partial charge in [0, 0.05) is 19.1 Å². The second-order valence-corrected chi connectivity index (χ2v) is 7.01. The van der Waals surface area contributed by atoms with E-state index in [0.717, 1.165) is 12.0 Å². The first-order chi connectivity index (χ1) is 9.86. The number of nitrogens with zero attached hydrogens (tertiary/aromatic N) is 2. The molecule has 0 fully saturated rings. The van der Waals surface area contributed by atoms with E-state index in [1.165, 1.54) is 4.31 Å². The van der Waals surface area contributed by atoms with Crippen LogP contribution in [0.1, 0.15) is 38.8 Å². The smallest absolute Gasteiger partial charge is 0.243 e. The van der Waals surface area contributed by atoms with Crippen LogP contribution in [0.25, 0.3) is 0 Å². The van der Waals surface area contributed by atoms with E-state index >= 15 is 0 Å². The molecule has 2 N–H and O–H groups in total. The molecule has 0 aromatic heterocycles.